The normalized spacial score (nSPS) is 16.9. The summed E-state index contributed by atoms with van der Waals surface area (Å²) in [5.74, 6) is 3.41. The van der Waals surface area contributed by atoms with Crippen molar-refractivity contribution in [2.24, 2.45) is 5.92 Å². The molecule has 30 heavy (non-hydrogen) atoms. The van der Waals surface area contributed by atoms with Crippen LogP contribution in [0.2, 0.25) is 0 Å². The van der Waals surface area contributed by atoms with Gasteiger partial charge in [-0.05, 0) is 69.2 Å². The number of benzene rings is 1. The summed E-state index contributed by atoms with van der Waals surface area (Å²) in [5.41, 5.74) is 0.817. The largest absolute Gasteiger partial charge is 0.494 e. The highest BCUT2D eigenvalue weighted by Gasteiger charge is 2.23. The Balaban J connectivity index is 1.19. The Morgan fingerprint density at radius 1 is 1.13 bits per heavy atom. The number of aromatic nitrogens is 2. The maximum Gasteiger partial charge on any atom is 0.224 e. The first kappa shape index (κ1) is 20.4. The second-order valence-electron chi connectivity index (χ2n) is 8.15. The topological polar surface area (TPSA) is 79.4 Å². The van der Waals surface area contributed by atoms with Crippen molar-refractivity contribution in [2.75, 3.05) is 35.2 Å². The van der Waals surface area contributed by atoms with Gasteiger partial charge in [0, 0.05) is 37.3 Å². The van der Waals surface area contributed by atoms with Gasteiger partial charge in [0.15, 0.2) is 0 Å². The monoisotopic (exact) mass is 409 g/mol. The average molecular weight is 410 g/mol. The molecular formula is C23H31N5O2. The molecule has 1 aliphatic carbocycles. The summed E-state index contributed by atoms with van der Waals surface area (Å²) in [7, 11) is 0. The van der Waals surface area contributed by atoms with E-state index in [0.717, 1.165) is 55.4 Å². The molecule has 7 nitrogen and oxygen atoms in total. The lowest BCUT2D eigenvalue weighted by molar-refractivity contribution is -0.116. The fourth-order valence-corrected chi connectivity index (χ4v) is 3.85. The van der Waals surface area contributed by atoms with E-state index in [0.29, 0.717) is 25.0 Å². The summed E-state index contributed by atoms with van der Waals surface area (Å²) in [6, 6.07) is 10.2. The Bertz CT molecular complexity index is 830. The van der Waals surface area contributed by atoms with Crippen molar-refractivity contribution >= 4 is 23.2 Å². The Kier molecular flexibility index (Phi) is 6.67. The molecule has 2 N–H and O–H groups in total. The molecule has 0 bridgehead atoms. The third-order valence-corrected chi connectivity index (χ3v) is 5.75. The zero-order valence-corrected chi connectivity index (χ0v) is 17.6. The molecule has 0 unspecified atom stereocenters. The van der Waals surface area contributed by atoms with Gasteiger partial charge in [-0.25, -0.2) is 9.97 Å². The molecule has 0 radical (unpaired) electrons. The van der Waals surface area contributed by atoms with Crippen molar-refractivity contribution in [3.05, 3.63) is 36.7 Å². The van der Waals surface area contributed by atoms with Crippen molar-refractivity contribution in [3.8, 4) is 5.75 Å². The molecule has 1 aromatic carbocycles. The van der Waals surface area contributed by atoms with Crippen LogP contribution in [-0.2, 0) is 4.79 Å². The van der Waals surface area contributed by atoms with Crippen molar-refractivity contribution in [1.29, 1.82) is 0 Å². The lowest BCUT2D eigenvalue weighted by Crippen LogP contribution is -2.34. The quantitative estimate of drug-likeness (QED) is 0.650. The Hall–Kier alpha value is -2.83. The second-order valence-corrected chi connectivity index (χ2v) is 8.15. The van der Waals surface area contributed by atoms with Crippen LogP contribution in [0.3, 0.4) is 0 Å². The number of hydrogen-bond donors (Lipinski definition) is 2. The van der Waals surface area contributed by atoms with Gasteiger partial charge in [-0.3, -0.25) is 4.79 Å². The number of carbonyl (C=O) groups is 1. The van der Waals surface area contributed by atoms with E-state index in [-0.39, 0.29) is 5.91 Å². The van der Waals surface area contributed by atoms with Gasteiger partial charge in [-0.1, -0.05) is 0 Å². The number of carbonyl (C=O) groups excluding carboxylic acids is 1. The summed E-state index contributed by atoms with van der Waals surface area (Å²) < 4.78 is 5.43. The number of anilines is 3. The van der Waals surface area contributed by atoms with Crippen LogP contribution in [0.5, 0.6) is 5.75 Å². The Morgan fingerprint density at radius 2 is 1.90 bits per heavy atom. The highest BCUT2D eigenvalue weighted by Crippen LogP contribution is 2.28. The molecule has 0 atom stereocenters. The van der Waals surface area contributed by atoms with E-state index < -0.39 is 0 Å². The number of rotatable bonds is 9. The van der Waals surface area contributed by atoms with Crippen LogP contribution in [0.25, 0.3) is 0 Å². The van der Waals surface area contributed by atoms with Gasteiger partial charge in [-0.2, -0.15) is 0 Å². The molecule has 1 aromatic heterocycles. The lowest BCUT2D eigenvalue weighted by Gasteiger charge is -2.32. The highest BCUT2D eigenvalue weighted by atomic mass is 16.5. The smallest absolute Gasteiger partial charge is 0.224 e. The fraction of sp³-hybridized carbons (Fsp3) is 0.522. The lowest BCUT2D eigenvalue weighted by atomic mass is 9.92. The minimum atomic E-state index is 0.0770. The molecule has 2 aliphatic rings. The molecule has 1 amide bonds. The molecule has 2 heterocycles. The molecule has 1 saturated carbocycles. The van der Waals surface area contributed by atoms with Gasteiger partial charge in [0.25, 0.3) is 0 Å². The van der Waals surface area contributed by atoms with E-state index in [4.69, 9.17) is 4.74 Å². The third-order valence-electron chi connectivity index (χ3n) is 5.75. The zero-order valence-electron chi connectivity index (χ0n) is 17.6. The summed E-state index contributed by atoms with van der Waals surface area (Å²) in [4.78, 5) is 23.4. The number of amides is 1. The molecule has 4 rings (SSSR count). The van der Waals surface area contributed by atoms with Crippen LogP contribution in [-0.4, -0.2) is 41.6 Å². The number of hydrogen-bond acceptors (Lipinski definition) is 6. The molecule has 2 fully saturated rings. The maximum absolute atomic E-state index is 12.3. The number of ether oxygens (including phenoxy) is 1. The van der Waals surface area contributed by atoms with Gasteiger partial charge in [0.2, 0.25) is 5.91 Å². The first-order valence-corrected chi connectivity index (χ1v) is 11.1. The molecule has 7 heteroatoms. The fourth-order valence-electron chi connectivity index (χ4n) is 3.85. The molecule has 1 saturated heterocycles. The van der Waals surface area contributed by atoms with Gasteiger partial charge >= 0.3 is 0 Å². The van der Waals surface area contributed by atoms with Crippen LogP contribution >= 0.6 is 0 Å². The summed E-state index contributed by atoms with van der Waals surface area (Å²) in [6.07, 6.45) is 7.78. The average Bonchev–Trinajstić information content (AvgIpc) is 3.58. The number of nitrogens with zero attached hydrogens (tertiary/aromatic N) is 3. The molecule has 0 spiro atoms. The van der Waals surface area contributed by atoms with Gasteiger partial charge < -0.3 is 20.3 Å². The highest BCUT2D eigenvalue weighted by molar-refractivity contribution is 5.90. The second kappa shape index (κ2) is 9.78. The van der Waals surface area contributed by atoms with Crippen LogP contribution in [0.1, 0.15) is 45.4 Å². The van der Waals surface area contributed by atoms with E-state index in [1.165, 1.54) is 12.8 Å². The standard InChI is InChI=1S/C23H31N5O2/c1-2-30-20-8-6-19(7-9-20)27-23(29)10-3-17-11-13-28(14-12-17)22-15-21(24-16-25-22)26-18-4-5-18/h6-9,15-18H,2-5,10-14H2,1H3,(H,27,29)(H,24,25,26). The minimum absolute atomic E-state index is 0.0770. The van der Waals surface area contributed by atoms with Crippen molar-refractivity contribution in [2.45, 2.75) is 51.5 Å². The summed E-state index contributed by atoms with van der Waals surface area (Å²) in [6.45, 7) is 4.55. The predicted molar refractivity (Wildman–Crippen MR) is 119 cm³/mol. The van der Waals surface area contributed by atoms with Crippen molar-refractivity contribution in [1.82, 2.24) is 9.97 Å². The predicted octanol–water partition coefficient (Wildman–Crippen LogP) is 4.08. The van der Waals surface area contributed by atoms with E-state index >= 15 is 0 Å². The summed E-state index contributed by atoms with van der Waals surface area (Å²) in [5, 5.41) is 6.42. The van der Waals surface area contributed by atoms with E-state index in [9.17, 15) is 4.79 Å². The maximum atomic E-state index is 12.3. The summed E-state index contributed by atoms with van der Waals surface area (Å²) >= 11 is 0. The molecular weight excluding hydrogens is 378 g/mol. The van der Waals surface area contributed by atoms with Crippen molar-refractivity contribution in [3.63, 3.8) is 0 Å². The van der Waals surface area contributed by atoms with Gasteiger partial charge in [0.1, 0.15) is 23.7 Å². The zero-order chi connectivity index (χ0) is 20.8. The Labute approximate surface area is 178 Å². The molecule has 1 aliphatic heterocycles. The third kappa shape index (κ3) is 5.84. The molecule has 2 aromatic rings. The first-order valence-electron chi connectivity index (χ1n) is 11.1. The number of nitrogens with one attached hydrogen (secondary N) is 2. The minimum Gasteiger partial charge on any atom is -0.494 e. The van der Waals surface area contributed by atoms with E-state index in [2.05, 4.69) is 31.6 Å². The van der Waals surface area contributed by atoms with Crippen LogP contribution < -0.4 is 20.3 Å². The van der Waals surface area contributed by atoms with Crippen LogP contribution in [0.4, 0.5) is 17.3 Å². The number of piperidine rings is 1. The molecule has 160 valence electrons. The van der Waals surface area contributed by atoms with E-state index in [1.54, 1.807) is 6.33 Å². The van der Waals surface area contributed by atoms with Crippen molar-refractivity contribution < 1.29 is 9.53 Å². The van der Waals surface area contributed by atoms with Crippen LogP contribution in [0.15, 0.2) is 36.7 Å². The van der Waals surface area contributed by atoms with Crippen LogP contribution in [0, 0.1) is 5.92 Å². The van der Waals surface area contributed by atoms with Gasteiger partial charge in [0.05, 0.1) is 6.61 Å². The van der Waals surface area contributed by atoms with E-state index in [1.807, 2.05) is 31.2 Å². The first-order chi connectivity index (χ1) is 14.7. The Morgan fingerprint density at radius 3 is 2.60 bits per heavy atom. The van der Waals surface area contributed by atoms with Gasteiger partial charge in [-0.15, -0.1) is 0 Å². The SMILES string of the molecule is CCOc1ccc(NC(=O)CCC2CCN(c3cc(NC4CC4)ncn3)CC2)cc1.